The van der Waals surface area contributed by atoms with Crippen molar-refractivity contribution in [2.45, 2.75) is 31.3 Å². The number of hydrogen-bond acceptors (Lipinski definition) is 4. The Labute approximate surface area is 183 Å². The monoisotopic (exact) mass is 444 g/mol. The quantitative estimate of drug-likeness (QED) is 0.717. The summed E-state index contributed by atoms with van der Waals surface area (Å²) in [5.41, 5.74) is 1.92. The van der Waals surface area contributed by atoms with E-state index in [0.29, 0.717) is 59.3 Å². The molecule has 0 aromatic heterocycles. The van der Waals surface area contributed by atoms with E-state index >= 15 is 0 Å². The van der Waals surface area contributed by atoms with Gasteiger partial charge in [-0.3, -0.25) is 14.4 Å². The van der Waals surface area contributed by atoms with Crippen LogP contribution in [0.2, 0.25) is 10.0 Å². The number of ether oxygens (including phenoxy) is 1. The summed E-state index contributed by atoms with van der Waals surface area (Å²) in [7, 11) is 0. The fraction of sp³-hybridized carbons (Fsp3) is 0.318. The van der Waals surface area contributed by atoms with Gasteiger partial charge in [0.25, 0.3) is 5.91 Å². The van der Waals surface area contributed by atoms with E-state index in [1.54, 1.807) is 35.2 Å². The smallest absolute Gasteiger partial charge is 0.253 e. The molecule has 1 spiro atoms. The van der Waals surface area contributed by atoms with E-state index in [4.69, 9.17) is 27.9 Å². The number of nitrogens with zero attached hydrogens (tertiary/aromatic N) is 1. The van der Waals surface area contributed by atoms with Crippen LogP contribution >= 0.6 is 23.2 Å². The standard InChI is InChI=1S/C22H18Cl2N2O4/c23-14-9-15-18(27)11-22(30-20(15)16(24)10-14)3-5-26(6-4-22)21(29)12-1-2-17-13(7-12)8-19(28)25-17/h1-2,7,9-10H,3-6,8,11H2,(H,25,28). The second-order valence-electron chi connectivity index (χ2n) is 8.04. The number of carbonyl (C=O) groups is 3. The van der Waals surface area contributed by atoms with Gasteiger partial charge in [-0.25, -0.2) is 0 Å². The molecule has 2 aromatic carbocycles. The number of benzene rings is 2. The molecular weight excluding hydrogens is 427 g/mol. The highest BCUT2D eigenvalue weighted by molar-refractivity contribution is 6.36. The predicted octanol–water partition coefficient (Wildman–Crippen LogP) is 4.13. The molecule has 3 aliphatic rings. The summed E-state index contributed by atoms with van der Waals surface area (Å²) >= 11 is 12.3. The molecule has 6 nitrogen and oxygen atoms in total. The number of rotatable bonds is 1. The molecule has 0 aliphatic carbocycles. The summed E-state index contributed by atoms with van der Waals surface area (Å²) in [5, 5.41) is 3.50. The second kappa shape index (κ2) is 7.00. The Kier molecular flexibility index (Phi) is 4.52. The first kappa shape index (κ1) is 19.4. The zero-order valence-corrected chi connectivity index (χ0v) is 17.5. The SMILES string of the molecule is O=C1Cc2cc(C(=O)N3CCC4(CC3)CC(=O)c3cc(Cl)cc(Cl)c3O4)ccc2N1. The van der Waals surface area contributed by atoms with Gasteiger partial charge >= 0.3 is 0 Å². The van der Waals surface area contributed by atoms with E-state index in [1.807, 2.05) is 0 Å². The van der Waals surface area contributed by atoms with Crippen molar-refractivity contribution < 1.29 is 19.1 Å². The molecule has 1 fully saturated rings. The summed E-state index contributed by atoms with van der Waals surface area (Å²) in [6, 6.07) is 8.44. The Hall–Kier alpha value is -2.57. The third-order valence-corrected chi connectivity index (χ3v) is 6.55. The number of amides is 2. The molecule has 2 amide bonds. The topological polar surface area (TPSA) is 75.7 Å². The summed E-state index contributed by atoms with van der Waals surface area (Å²) < 4.78 is 6.23. The summed E-state index contributed by atoms with van der Waals surface area (Å²) in [6.07, 6.45) is 1.60. The van der Waals surface area contributed by atoms with E-state index in [2.05, 4.69) is 5.32 Å². The molecular formula is C22H18Cl2N2O4. The Morgan fingerprint density at radius 2 is 1.87 bits per heavy atom. The molecule has 1 saturated heterocycles. The number of nitrogens with one attached hydrogen (secondary N) is 1. The first-order valence-corrected chi connectivity index (χ1v) is 10.5. The summed E-state index contributed by atoms with van der Waals surface area (Å²) in [6.45, 7) is 0.946. The van der Waals surface area contributed by atoms with Crippen molar-refractivity contribution in [3.8, 4) is 5.75 Å². The molecule has 1 N–H and O–H groups in total. The normalized spacial score (nSPS) is 19.2. The van der Waals surface area contributed by atoms with Crippen LogP contribution < -0.4 is 10.1 Å². The van der Waals surface area contributed by atoms with Gasteiger partial charge in [0.05, 0.1) is 23.4 Å². The fourth-order valence-electron chi connectivity index (χ4n) is 4.45. The van der Waals surface area contributed by atoms with Crippen LogP contribution in [0.25, 0.3) is 0 Å². The Morgan fingerprint density at radius 3 is 2.63 bits per heavy atom. The minimum atomic E-state index is -0.660. The lowest BCUT2D eigenvalue weighted by Crippen LogP contribution is -2.52. The van der Waals surface area contributed by atoms with Gasteiger partial charge in [0.1, 0.15) is 11.4 Å². The van der Waals surface area contributed by atoms with Crippen molar-refractivity contribution in [1.29, 1.82) is 0 Å². The minimum absolute atomic E-state index is 0.0452. The molecule has 0 unspecified atom stereocenters. The lowest BCUT2D eigenvalue weighted by atomic mass is 9.82. The average Bonchev–Trinajstić information content (AvgIpc) is 3.08. The maximum absolute atomic E-state index is 13.0. The van der Waals surface area contributed by atoms with Gasteiger partial charge in [-0.2, -0.15) is 0 Å². The number of carbonyl (C=O) groups excluding carboxylic acids is 3. The van der Waals surface area contributed by atoms with Crippen molar-refractivity contribution in [1.82, 2.24) is 4.90 Å². The van der Waals surface area contributed by atoms with Gasteiger partial charge in [-0.15, -0.1) is 0 Å². The Morgan fingerprint density at radius 1 is 1.10 bits per heavy atom. The van der Waals surface area contributed by atoms with Crippen molar-refractivity contribution in [2.75, 3.05) is 18.4 Å². The molecule has 5 rings (SSSR count). The number of halogens is 2. The van der Waals surface area contributed by atoms with Crippen molar-refractivity contribution >= 4 is 46.5 Å². The molecule has 2 aromatic rings. The molecule has 154 valence electrons. The van der Waals surface area contributed by atoms with Crippen LogP contribution in [0.15, 0.2) is 30.3 Å². The molecule has 0 bridgehead atoms. The number of anilines is 1. The first-order chi connectivity index (χ1) is 14.3. The molecule has 0 atom stereocenters. The van der Waals surface area contributed by atoms with Gasteiger partial charge in [-0.05, 0) is 35.9 Å². The highest BCUT2D eigenvalue weighted by Gasteiger charge is 2.44. The molecule has 0 saturated carbocycles. The second-order valence-corrected chi connectivity index (χ2v) is 8.88. The molecule has 8 heteroatoms. The molecule has 3 heterocycles. The first-order valence-electron chi connectivity index (χ1n) is 9.77. The predicted molar refractivity (Wildman–Crippen MR) is 113 cm³/mol. The van der Waals surface area contributed by atoms with Crippen LogP contribution in [0.3, 0.4) is 0 Å². The van der Waals surface area contributed by atoms with E-state index < -0.39 is 5.60 Å². The third-order valence-electron chi connectivity index (χ3n) is 6.05. The zero-order chi connectivity index (χ0) is 21.0. The third kappa shape index (κ3) is 3.24. The van der Waals surface area contributed by atoms with E-state index in [9.17, 15) is 14.4 Å². The Balaban J connectivity index is 1.32. The number of piperidine rings is 1. The number of fused-ring (bicyclic) bond motifs is 2. The van der Waals surface area contributed by atoms with Crippen LogP contribution in [0.4, 0.5) is 5.69 Å². The molecule has 3 aliphatic heterocycles. The lowest BCUT2D eigenvalue weighted by Gasteiger charge is -2.44. The number of Topliss-reactive ketones (excluding diaryl/α,β-unsaturated/α-hetero) is 1. The van der Waals surface area contributed by atoms with Crippen molar-refractivity contribution in [3.05, 3.63) is 57.1 Å². The zero-order valence-electron chi connectivity index (χ0n) is 16.0. The maximum Gasteiger partial charge on any atom is 0.253 e. The summed E-state index contributed by atoms with van der Waals surface area (Å²) in [4.78, 5) is 39.0. The van der Waals surface area contributed by atoms with Gasteiger partial charge in [0, 0.05) is 42.2 Å². The van der Waals surface area contributed by atoms with Crippen LogP contribution in [0, 0.1) is 0 Å². The van der Waals surface area contributed by atoms with E-state index in [1.165, 1.54) is 0 Å². The highest BCUT2D eigenvalue weighted by Crippen LogP contribution is 2.44. The van der Waals surface area contributed by atoms with Crippen LogP contribution in [-0.2, 0) is 11.2 Å². The minimum Gasteiger partial charge on any atom is -0.484 e. The average molecular weight is 445 g/mol. The van der Waals surface area contributed by atoms with Crippen molar-refractivity contribution in [3.63, 3.8) is 0 Å². The molecule has 30 heavy (non-hydrogen) atoms. The van der Waals surface area contributed by atoms with Crippen LogP contribution in [0.5, 0.6) is 5.75 Å². The highest BCUT2D eigenvalue weighted by atomic mass is 35.5. The largest absolute Gasteiger partial charge is 0.484 e. The Bertz CT molecular complexity index is 1110. The van der Waals surface area contributed by atoms with Gasteiger partial charge < -0.3 is 15.0 Å². The van der Waals surface area contributed by atoms with E-state index in [-0.39, 0.29) is 24.0 Å². The van der Waals surface area contributed by atoms with Crippen LogP contribution in [0.1, 0.15) is 45.5 Å². The van der Waals surface area contributed by atoms with Gasteiger partial charge in [0.15, 0.2) is 5.78 Å². The summed E-state index contributed by atoms with van der Waals surface area (Å²) in [5.74, 6) is 0.192. The van der Waals surface area contributed by atoms with Crippen LogP contribution in [-0.4, -0.2) is 41.2 Å². The van der Waals surface area contributed by atoms with Crippen molar-refractivity contribution in [2.24, 2.45) is 0 Å². The van der Waals surface area contributed by atoms with Gasteiger partial charge in [0.2, 0.25) is 5.91 Å². The lowest BCUT2D eigenvalue weighted by molar-refractivity contribution is -0.115. The number of likely N-dealkylation sites (tertiary alicyclic amines) is 1. The number of ketones is 1. The number of hydrogen-bond donors (Lipinski definition) is 1. The molecule has 0 radical (unpaired) electrons. The fourth-order valence-corrected chi connectivity index (χ4v) is 4.98. The van der Waals surface area contributed by atoms with E-state index in [0.717, 1.165) is 11.3 Å². The van der Waals surface area contributed by atoms with Gasteiger partial charge in [-0.1, -0.05) is 23.2 Å². The maximum atomic E-state index is 13.0.